The van der Waals surface area contributed by atoms with Gasteiger partial charge in [0.05, 0.1) is 6.61 Å². The van der Waals surface area contributed by atoms with Crippen LogP contribution in [0.2, 0.25) is 0 Å². The molecule has 1 aromatic heterocycles. The molecule has 0 aliphatic heterocycles. The maximum absolute atomic E-state index is 12.0. The summed E-state index contributed by atoms with van der Waals surface area (Å²) in [5, 5.41) is 11.5. The Balaban J connectivity index is 2.68. The Kier molecular flexibility index (Phi) is 7.17. The molecule has 0 aliphatic rings. The topological polar surface area (TPSA) is 97.8 Å². The molecular formula is C14H20N2O5. The van der Waals surface area contributed by atoms with Crippen LogP contribution in [0.1, 0.15) is 30.1 Å². The third kappa shape index (κ3) is 5.78. The Hall–Kier alpha value is -2.15. The van der Waals surface area contributed by atoms with Crippen LogP contribution in [0.5, 0.6) is 5.88 Å². The average Bonchev–Trinajstić information content (AvgIpc) is 2.47. The van der Waals surface area contributed by atoms with Crippen molar-refractivity contribution in [2.75, 3.05) is 20.3 Å². The minimum Gasteiger partial charge on any atom is -0.480 e. The van der Waals surface area contributed by atoms with E-state index in [0.29, 0.717) is 37.5 Å². The second kappa shape index (κ2) is 8.91. The molecular weight excluding hydrogens is 276 g/mol. The molecule has 0 unspecified atom stereocenters. The SMILES string of the molecule is CCC[C@H](NC(=O)c1ccnc(OCCOC)c1)C(=O)O. The van der Waals surface area contributed by atoms with Crippen LogP contribution in [-0.4, -0.2) is 48.3 Å². The lowest BCUT2D eigenvalue weighted by Gasteiger charge is -2.13. The number of carbonyl (C=O) groups excluding carboxylic acids is 1. The summed E-state index contributed by atoms with van der Waals surface area (Å²) in [7, 11) is 1.56. The number of carboxylic acid groups (broad SMARTS) is 1. The van der Waals surface area contributed by atoms with Gasteiger partial charge in [0.15, 0.2) is 0 Å². The lowest BCUT2D eigenvalue weighted by Crippen LogP contribution is -2.40. The number of carboxylic acids is 1. The molecule has 1 rings (SSSR count). The smallest absolute Gasteiger partial charge is 0.326 e. The van der Waals surface area contributed by atoms with Crippen LogP contribution in [0, 0.1) is 0 Å². The summed E-state index contributed by atoms with van der Waals surface area (Å²) in [5.74, 6) is -1.22. The summed E-state index contributed by atoms with van der Waals surface area (Å²) in [6, 6.07) is 2.08. The van der Waals surface area contributed by atoms with E-state index in [2.05, 4.69) is 10.3 Å². The summed E-state index contributed by atoms with van der Waals surface area (Å²) < 4.78 is 10.2. The van der Waals surface area contributed by atoms with Crippen LogP contribution in [0.4, 0.5) is 0 Å². The van der Waals surface area contributed by atoms with Crippen LogP contribution >= 0.6 is 0 Å². The van der Waals surface area contributed by atoms with E-state index in [1.165, 1.54) is 18.3 Å². The first kappa shape index (κ1) is 16.9. The number of carbonyl (C=O) groups is 2. The lowest BCUT2D eigenvalue weighted by molar-refractivity contribution is -0.139. The van der Waals surface area contributed by atoms with Gasteiger partial charge in [0.25, 0.3) is 5.91 Å². The minimum atomic E-state index is -1.05. The number of aromatic nitrogens is 1. The first-order chi connectivity index (χ1) is 10.1. The third-order valence-electron chi connectivity index (χ3n) is 2.72. The molecule has 7 nitrogen and oxygen atoms in total. The molecule has 0 spiro atoms. The zero-order valence-corrected chi connectivity index (χ0v) is 12.2. The summed E-state index contributed by atoms with van der Waals surface area (Å²) in [6.07, 6.45) is 2.48. The Morgan fingerprint density at radius 3 is 2.81 bits per heavy atom. The second-order valence-electron chi connectivity index (χ2n) is 4.38. The van der Waals surface area contributed by atoms with Gasteiger partial charge in [0.2, 0.25) is 5.88 Å². The van der Waals surface area contributed by atoms with Gasteiger partial charge < -0.3 is 19.9 Å². The van der Waals surface area contributed by atoms with E-state index >= 15 is 0 Å². The van der Waals surface area contributed by atoms with Crippen molar-refractivity contribution in [2.24, 2.45) is 0 Å². The minimum absolute atomic E-state index is 0.294. The number of nitrogens with zero attached hydrogens (tertiary/aromatic N) is 1. The normalized spacial score (nSPS) is 11.7. The van der Waals surface area contributed by atoms with E-state index in [1.807, 2.05) is 6.92 Å². The van der Waals surface area contributed by atoms with Gasteiger partial charge in [-0.3, -0.25) is 4.79 Å². The Morgan fingerprint density at radius 1 is 1.43 bits per heavy atom. The fourth-order valence-electron chi connectivity index (χ4n) is 1.65. The number of rotatable bonds is 9. The molecule has 2 N–H and O–H groups in total. The van der Waals surface area contributed by atoms with E-state index in [-0.39, 0.29) is 0 Å². The first-order valence-electron chi connectivity index (χ1n) is 6.70. The highest BCUT2D eigenvalue weighted by atomic mass is 16.5. The van der Waals surface area contributed by atoms with E-state index in [1.54, 1.807) is 7.11 Å². The molecule has 0 bridgehead atoms. The highest BCUT2D eigenvalue weighted by Crippen LogP contribution is 2.10. The number of nitrogens with one attached hydrogen (secondary N) is 1. The molecule has 0 aromatic carbocycles. The van der Waals surface area contributed by atoms with Gasteiger partial charge in [-0.1, -0.05) is 13.3 Å². The fraction of sp³-hybridized carbons (Fsp3) is 0.500. The van der Waals surface area contributed by atoms with E-state index < -0.39 is 17.9 Å². The van der Waals surface area contributed by atoms with Gasteiger partial charge in [-0.05, 0) is 12.5 Å². The van der Waals surface area contributed by atoms with Gasteiger partial charge in [-0.25, -0.2) is 9.78 Å². The third-order valence-corrected chi connectivity index (χ3v) is 2.72. The quantitative estimate of drug-likeness (QED) is 0.662. The molecule has 7 heteroatoms. The number of hydrogen-bond acceptors (Lipinski definition) is 5. The number of aliphatic carboxylic acids is 1. The molecule has 116 valence electrons. The van der Waals surface area contributed by atoms with Gasteiger partial charge in [-0.2, -0.15) is 0 Å². The predicted molar refractivity (Wildman–Crippen MR) is 75.4 cm³/mol. The molecule has 0 saturated carbocycles. The van der Waals surface area contributed by atoms with Gasteiger partial charge in [0, 0.05) is 24.9 Å². The number of hydrogen-bond donors (Lipinski definition) is 2. The monoisotopic (exact) mass is 296 g/mol. The Morgan fingerprint density at radius 2 is 2.19 bits per heavy atom. The van der Waals surface area contributed by atoms with Crippen molar-refractivity contribution in [1.82, 2.24) is 10.3 Å². The van der Waals surface area contributed by atoms with Gasteiger partial charge in [0.1, 0.15) is 12.6 Å². The van der Waals surface area contributed by atoms with Crippen molar-refractivity contribution in [2.45, 2.75) is 25.8 Å². The molecule has 21 heavy (non-hydrogen) atoms. The first-order valence-corrected chi connectivity index (χ1v) is 6.70. The van der Waals surface area contributed by atoms with Crippen molar-refractivity contribution in [1.29, 1.82) is 0 Å². The molecule has 1 atom stereocenters. The summed E-state index contributed by atoms with van der Waals surface area (Å²) >= 11 is 0. The van der Waals surface area contributed by atoms with E-state index in [0.717, 1.165) is 0 Å². The van der Waals surface area contributed by atoms with Crippen LogP contribution in [0.3, 0.4) is 0 Å². The second-order valence-corrected chi connectivity index (χ2v) is 4.38. The van der Waals surface area contributed by atoms with Crippen molar-refractivity contribution in [3.8, 4) is 5.88 Å². The van der Waals surface area contributed by atoms with Gasteiger partial charge >= 0.3 is 5.97 Å². The van der Waals surface area contributed by atoms with Crippen LogP contribution in [-0.2, 0) is 9.53 Å². The summed E-state index contributed by atoms with van der Waals surface area (Å²) in [5.41, 5.74) is 0.305. The number of methoxy groups -OCH3 is 1. The van der Waals surface area contributed by atoms with Crippen molar-refractivity contribution >= 4 is 11.9 Å². The highest BCUT2D eigenvalue weighted by molar-refractivity contribution is 5.96. The number of pyridine rings is 1. The van der Waals surface area contributed by atoms with Crippen LogP contribution < -0.4 is 10.1 Å². The standard InChI is InChI=1S/C14H20N2O5/c1-3-4-11(14(18)19)16-13(17)10-5-6-15-12(9-10)21-8-7-20-2/h5-6,9,11H,3-4,7-8H2,1-2H3,(H,16,17)(H,18,19)/t11-/m0/s1. The molecule has 0 aliphatic carbocycles. The molecule has 0 fully saturated rings. The lowest BCUT2D eigenvalue weighted by atomic mass is 10.1. The zero-order valence-electron chi connectivity index (χ0n) is 12.2. The largest absolute Gasteiger partial charge is 0.480 e. The highest BCUT2D eigenvalue weighted by Gasteiger charge is 2.19. The molecule has 1 amide bonds. The van der Waals surface area contributed by atoms with Crippen molar-refractivity contribution in [3.05, 3.63) is 23.9 Å². The van der Waals surface area contributed by atoms with Crippen LogP contribution in [0.25, 0.3) is 0 Å². The fourth-order valence-corrected chi connectivity index (χ4v) is 1.65. The Labute approximate surface area is 123 Å². The number of ether oxygens (including phenoxy) is 2. The van der Waals surface area contributed by atoms with E-state index in [9.17, 15) is 9.59 Å². The van der Waals surface area contributed by atoms with Crippen LogP contribution in [0.15, 0.2) is 18.3 Å². The predicted octanol–water partition coefficient (Wildman–Crippen LogP) is 1.09. The molecule has 0 radical (unpaired) electrons. The number of amides is 1. The maximum Gasteiger partial charge on any atom is 0.326 e. The van der Waals surface area contributed by atoms with Crippen molar-refractivity contribution in [3.63, 3.8) is 0 Å². The summed E-state index contributed by atoms with van der Waals surface area (Å²) in [6.45, 7) is 2.59. The maximum atomic E-state index is 12.0. The Bertz CT molecular complexity index is 478. The zero-order chi connectivity index (χ0) is 15.7. The average molecular weight is 296 g/mol. The van der Waals surface area contributed by atoms with Gasteiger partial charge in [-0.15, -0.1) is 0 Å². The molecule has 0 saturated heterocycles. The molecule has 1 heterocycles. The van der Waals surface area contributed by atoms with Crippen molar-refractivity contribution < 1.29 is 24.2 Å². The van der Waals surface area contributed by atoms with E-state index in [4.69, 9.17) is 14.6 Å². The summed E-state index contributed by atoms with van der Waals surface area (Å²) in [4.78, 5) is 27.0. The molecule has 1 aromatic rings.